The van der Waals surface area contributed by atoms with E-state index in [0.29, 0.717) is 29.4 Å². The Morgan fingerprint density at radius 3 is 2.41 bits per heavy atom. The molecule has 0 aliphatic heterocycles. The SMILES string of the molecule is CCOc1cc2ccccc2cc1C(=O)Nc1cccc(OCC(N)=O)c1. The number of hydrogen-bond donors (Lipinski definition) is 2. The average molecular weight is 364 g/mol. The molecule has 27 heavy (non-hydrogen) atoms. The molecule has 0 saturated heterocycles. The largest absolute Gasteiger partial charge is 0.493 e. The number of benzene rings is 3. The Labute approximate surface area is 156 Å². The normalized spacial score (nSPS) is 10.4. The molecule has 0 fully saturated rings. The molecular formula is C21H20N2O4. The lowest BCUT2D eigenvalue weighted by Gasteiger charge is -2.13. The monoisotopic (exact) mass is 364 g/mol. The first-order valence-corrected chi connectivity index (χ1v) is 8.55. The van der Waals surface area contributed by atoms with E-state index in [1.807, 2.05) is 43.3 Å². The lowest BCUT2D eigenvalue weighted by Crippen LogP contribution is -2.20. The molecule has 6 heteroatoms. The number of rotatable bonds is 7. The molecule has 0 aromatic heterocycles. The number of hydrogen-bond acceptors (Lipinski definition) is 4. The van der Waals surface area contributed by atoms with Crippen LogP contribution in [0.4, 0.5) is 5.69 Å². The summed E-state index contributed by atoms with van der Waals surface area (Å²) in [6.45, 7) is 2.10. The van der Waals surface area contributed by atoms with Crippen LogP contribution in [0, 0.1) is 0 Å². The van der Waals surface area contributed by atoms with Crippen molar-refractivity contribution in [3.8, 4) is 11.5 Å². The second-order valence-corrected chi connectivity index (χ2v) is 5.87. The summed E-state index contributed by atoms with van der Waals surface area (Å²) >= 11 is 0. The second kappa shape index (κ2) is 8.23. The van der Waals surface area contributed by atoms with Crippen molar-refractivity contribution in [2.45, 2.75) is 6.92 Å². The highest BCUT2D eigenvalue weighted by Gasteiger charge is 2.15. The molecule has 0 bridgehead atoms. The van der Waals surface area contributed by atoms with Gasteiger partial charge in [0.25, 0.3) is 11.8 Å². The van der Waals surface area contributed by atoms with Crippen LogP contribution < -0.4 is 20.5 Å². The van der Waals surface area contributed by atoms with Gasteiger partial charge in [-0.25, -0.2) is 0 Å². The van der Waals surface area contributed by atoms with E-state index < -0.39 is 5.91 Å². The third kappa shape index (κ3) is 4.55. The molecular weight excluding hydrogens is 344 g/mol. The molecule has 0 atom stereocenters. The zero-order chi connectivity index (χ0) is 19.2. The molecule has 138 valence electrons. The molecule has 6 nitrogen and oxygen atoms in total. The smallest absolute Gasteiger partial charge is 0.259 e. The molecule has 3 N–H and O–H groups in total. The lowest BCUT2D eigenvalue weighted by atomic mass is 10.1. The van der Waals surface area contributed by atoms with Gasteiger partial charge in [-0.2, -0.15) is 0 Å². The number of nitrogens with two attached hydrogens (primary N) is 1. The summed E-state index contributed by atoms with van der Waals surface area (Å²) in [4.78, 5) is 23.7. The molecule has 3 aromatic carbocycles. The third-order valence-electron chi connectivity index (χ3n) is 3.87. The van der Waals surface area contributed by atoms with Crippen LogP contribution in [0.1, 0.15) is 17.3 Å². The van der Waals surface area contributed by atoms with E-state index in [2.05, 4.69) is 5.32 Å². The van der Waals surface area contributed by atoms with E-state index in [4.69, 9.17) is 15.2 Å². The Morgan fingerprint density at radius 1 is 0.963 bits per heavy atom. The van der Waals surface area contributed by atoms with Gasteiger partial charge in [-0.1, -0.05) is 30.3 Å². The summed E-state index contributed by atoms with van der Waals surface area (Å²) in [5, 5.41) is 4.78. The van der Waals surface area contributed by atoms with Crippen molar-refractivity contribution in [1.82, 2.24) is 0 Å². The molecule has 0 spiro atoms. The van der Waals surface area contributed by atoms with Crippen LogP contribution >= 0.6 is 0 Å². The minimum Gasteiger partial charge on any atom is -0.493 e. The van der Waals surface area contributed by atoms with Gasteiger partial charge in [-0.05, 0) is 42.0 Å². The summed E-state index contributed by atoms with van der Waals surface area (Å²) < 4.78 is 10.9. The van der Waals surface area contributed by atoms with Crippen LogP contribution in [0.15, 0.2) is 60.7 Å². The van der Waals surface area contributed by atoms with Gasteiger partial charge >= 0.3 is 0 Å². The molecule has 0 unspecified atom stereocenters. The predicted molar refractivity (Wildman–Crippen MR) is 104 cm³/mol. The van der Waals surface area contributed by atoms with E-state index in [-0.39, 0.29) is 12.5 Å². The molecule has 0 radical (unpaired) electrons. The van der Waals surface area contributed by atoms with Crippen LogP contribution in [0.25, 0.3) is 10.8 Å². The maximum atomic E-state index is 12.8. The summed E-state index contributed by atoms with van der Waals surface area (Å²) in [6, 6.07) is 18.2. The van der Waals surface area contributed by atoms with Gasteiger partial charge in [-0.15, -0.1) is 0 Å². The minimum atomic E-state index is -0.568. The fourth-order valence-electron chi connectivity index (χ4n) is 2.69. The number of carbonyl (C=O) groups is 2. The first-order chi connectivity index (χ1) is 13.1. The minimum absolute atomic E-state index is 0.226. The van der Waals surface area contributed by atoms with E-state index >= 15 is 0 Å². The van der Waals surface area contributed by atoms with Gasteiger partial charge in [0.1, 0.15) is 11.5 Å². The van der Waals surface area contributed by atoms with Crippen LogP contribution in [0.2, 0.25) is 0 Å². The fraction of sp³-hybridized carbons (Fsp3) is 0.143. The highest BCUT2D eigenvalue weighted by Crippen LogP contribution is 2.27. The molecule has 0 heterocycles. The Morgan fingerprint density at radius 2 is 1.70 bits per heavy atom. The summed E-state index contributed by atoms with van der Waals surface area (Å²) in [7, 11) is 0. The first-order valence-electron chi connectivity index (χ1n) is 8.55. The standard InChI is InChI=1S/C21H20N2O4/c1-2-26-19-11-15-7-4-3-6-14(15)10-18(19)21(25)23-16-8-5-9-17(12-16)27-13-20(22)24/h3-12H,2,13H2,1H3,(H2,22,24)(H,23,25). The fourth-order valence-corrected chi connectivity index (χ4v) is 2.69. The zero-order valence-electron chi connectivity index (χ0n) is 14.9. The van der Waals surface area contributed by atoms with Crippen molar-refractivity contribution in [2.75, 3.05) is 18.5 Å². The Balaban J connectivity index is 1.86. The molecule has 3 aromatic rings. The van der Waals surface area contributed by atoms with Crippen molar-refractivity contribution < 1.29 is 19.1 Å². The quantitative estimate of drug-likeness (QED) is 0.673. The van der Waals surface area contributed by atoms with E-state index in [9.17, 15) is 9.59 Å². The van der Waals surface area contributed by atoms with E-state index in [1.54, 1.807) is 24.3 Å². The molecule has 0 aliphatic carbocycles. The van der Waals surface area contributed by atoms with Crippen molar-refractivity contribution in [1.29, 1.82) is 0 Å². The van der Waals surface area contributed by atoms with E-state index in [1.165, 1.54) is 0 Å². The number of ether oxygens (including phenoxy) is 2. The van der Waals surface area contributed by atoms with Gasteiger partial charge in [0, 0.05) is 11.8 Å². The predicted octanol–water partition coefficient (Wildman–Crippen LogP) is 3.35. The number of primary amides is 1. The van der Waals surface area contributed by atoms with Gasteiger partial charge in [0.05, 0.1) is 12.2 Å². The molecule has 3 rings (SSSR count). The van der Waals surface area contributed by atoms with Gasteiger partial charge in [-0.3, -0.25) is 9.59 Å². The third-order valence-corrected chi connectivity index (χ3v) is 3.87. The van der Waals surface area contributed by atoms with Gasteiger partial charge in [0.15, 0.2) is 6.61 Å². The lowest BCUT2D eigenvalue weighted by molar-refractivity contribution is -0.119. The maximum absolute atomic E-state index is 12.8. The number of anilines is 1. The van der Waals surface area contributed by atoms with E-state index in [0.717, 1.165) is 10.8 Å². The van der Waals surface area contributed by atoms with Crippen LogP contribution in [0.5, 0.6) is 11.5 Å². The Bertz CT molecular complexity index is 985. The Hall–Kier alpha value is -3.54. The number of nitrogens with one attached hydrogen (secondary N) is 1. The summed E-state index contributed by atoms with van der Waals surface area (Å²) in [5.41, 5.74) is 6.06. The number of fused-ring (bicyclic) bond motifs is 1. The molecule has 0 aliphatic rings. The maximum Gasteiger partial charge on any atom is 0.259 e. The van der Waals surface area contributed by atoms with Crippen molar-refractivity contribution in [3.05, 3.63) is 66.2 Å². The average Bonchev–Trinajstić information content (AvgIpc) is 2.66. The van der Waals surface area contributed by atoms with Crippen molar-refractivity contribution in [3.63, 3.8) is 0 Å². The number of amides is 2. The van der Waals surface area contributed by atoms with Gasteiger partial charge in [0.2, 0.25) is 0 Å². The topological polar surface area (TPSA) is 90.7 Å². The van der Waals surface area contributed by atoms with Crippen LogP contribution in [0.3, 0.4) is 0 Å². The van der Waals surface area contributed by atoms with Crippen LogP contribution in [-0.2, 0) is 4.79 Å². The number of carbonyl (C=O) groups excluding carboxylic acids is 2. The summed E-state index contributed by atoms with van der Waals surface area (Å²) in [6.07, 6.45) is 0. The van der Waals surface area contributed by atoms with Crippen LogP contribution in [-0.4, -0.2) is 25.0 Å². The first kappa shape index (κ1) is 18.3. The highest BCUT2D eigenvalue weighted by molar-refractivity contribution is 6.08. The van der Waals surface area contributed by atoms with Crippen molar-refractivity contribution in [2.24, 2.45) is 5.73 Å². The Kier molecular flexibility index (Phi) is 5.56. The summed E-state index contributed by atoms with van der Waals surface area (Å²) in [5.74, 6) is 0.100. The highest BCUT2D eigenvalue weighted by atomic mass is 16.5. The zero-order valence-corrected chi connectivity index (χ0v) is 14.9. The molecule has 0 saturated carbocycles. The van der Waals surface area contributed by atoms with Gasteiger partial charge < -0.3 is 20.5 Å². The van der Waals surface area contributed by atoms with Crippen molar-refractivity contribution >= 4 is 28.3 Å². The second-order valence-electron chi connectivity index (χ2n) is 5.87. The molecule has 2 amide bonds.